The van der Waals surface area contributed by atoms with Crippen molar-refractivity contribution in [2.45, 2.75) is 25.4 Å². The summed E-state index contributed by atoms with van der Waals surface area (Å²) in [5.74, 6) is -0.290. The molecule has 2 rings (SSSR count). The van der Waals surface area contributed by atoms with Crippen molar-refractivity contribution < 1.29 is 14.3 Å². The average molecular weight is 355 g/mol. The Morgan fingerprint density at radius 2 is 2.24 bits per heavy atom. The molecule has 6 heteroatoms. The highest BCUT2D eigenvalue weighted by Crippen LogP contribution is 2.25. The molecule has 0 aromatic heterocycles. The summed E-state index contributed by atoms with van der Waals surface area (Å²) in [5.41, 5.74) is 1.57. The molecule has 1 aromatic rings. The van der Waals surface area contributed by atoms with Crippen LogP contribution in [0.1, 0.15) is 28.8 Å². The van der Waals surface area contributed by atoms with E-state index in [0.29, 0.717) is 12.1 Å². The molecule has 1 atom stereocenters. The lowest BCUT2D eigenvalue weighted by molar-refractivity contribution is -0.125. The Balaban J connectivity index is 2.12. The zero-order valence-electron chi connectivity index (χ0n) is 12.2. The minimum atomic E-state index is -0.355. The van der Waals surface area contributed by atoms with E-state index in [1.165, 1.54) is 7.11 Å². The van der Waals surface area contributed by atoms with Gasteiger partial charge in [0.05, 0.1) is 18.7 Å². The number of nitrogens with zero attached hydrogens (tertiary/aromatic N) is 1. The lowest BCUT2D eigenvalue weighted by Crippen LogP contribution is -2.41. The van der Waals surface area contributed by atoms with Crippen molar-refractivity contribution in [2.24, 2.45) is 0 Å². The number of likely N-dealkylation sites (N-methyl/N-ethyl adjacent to an activating group) is 1. The third-order valence-corrected chi connectivity index (χ3v) is 4.50. The van der Waals surface area contributed by atoms with Crippen molar-refractivity contribution in [3.05, 3.63) is 33.8 Å². The Hall–Kier alpha value is -1.40. The van der Waals surface area contributed by atoms with E-state index in [-0.39, 0.29) is 17.9 Å². The molecule has 1 aliphatic heterocycles. The highest BCUT2D eigenvalue weighted by Gasteiger charge is 2.30. The number of nitrogens with one attached hydrogen (secondary N) is 1. The maximum Gasteiger partial charge on any atom is 0.337 e. The highest BCUT2D eigenvalue weighted by molar-refractivity contribution is 9.10. The number of hydrogen-bond donors (Lipinski definition) is 1. The number of esters is 1. The first kappa shape index (κ1) is 16.0. The first-order valence-electron chi connectivity index (χ1n) is 6.89. The van der Waals surface area contributed by atoms with Crippen LogP contribution in [0.5, 0.6) is 0 Å². The summed E-state index contributed by atoms with van der Waals surface area (Å²) in [6.45, 7) is 1.59. The number of amides is 1. The van der Waals surface area contributed by atoms with Crippen LogP contribution in [0.3, 0.4) is 0 Å². The normalized spacial score (nSPS) is 18.5. The Morgan fingerprint density at radius 3 is 2.86 bits per heavy atom. The molecule has 0 radical (unpaired) electrons. The molecule has 21 heavy (non-hydrogen) atoms. The second-order valence-electron chi connectivity index (χ2n) is 5.04. The van der Waals surface area contributed by atoms with Crippen molar-refractivity contribution in [1.82, 2.24) is 10.2 Å². The minimum Gasteiger partial charge on any atom is -0.465 e. The van der Waals surface area contributed by atoms with Crippen molar-refractivity contribution >= 4 is 27.8 Å². The van der Waals surface area contributed by atoms with Gasteiger partial charge < -0.3 is 10.1 Å². The van der Waals surface area contributed by atoms with Gasteiger partial charge in [0.15, 0.2) is 0 Å². The van der Waals surface area contributed by atoms with E-state index in [4.69, 9.17) is 4.74 Å². The fourth-order valence-corrected chi connectivity index (χ4v) is 3.12. The lowest BCUT2D eigenvalue weighted by Gasteiger charge is -2.23. The van der Waals surface area contributed by atoms with Crippen LogP contribution >= 0.6 is 15.9 Å². The van der Waals surface area contributed by atoms with E-state index >= 15 is 0 Å². The summed E-state index contributed by atoms with van der Waals surface area (Å²) in [6.07, 6.45) is 1.91. The van der Waals surface area contributed by atoms with Crippen LogP contribution in [-0.4, -0.2) is 43.5 Å². The van der Waals surface area contributed by atoms with Gasteiger partial charge in [-0.05, 0) is 37.1 Å². The Kier molecular flexibility index (Phi) is 5.36. The summed E-state index contributed by atoms with van der Waals surface area (Å²) in [5, 5.41) is 2.72. The highest BCUT2D eigenvalue weighted by atomic mass is 79.9. The van der Waals surface area contributed by atoms with Crippen LogP contribution in [0.15, 0.2) is 22.7 Å². The second-order valence-corrected chi connectivity index (χ2v) is 5.89. The molecular weight excluding hydrogens is 336 g/mol. The van der Waals surface area contributed by atoms with Gasteiger partial charge in [-0.3, -0.25) is 9.69 Å². The Morgan fingerprint density at radius 1 is 1.48 bits per heavy atom. The molecule has 1 N–H and O–H groups in total. The zero-order valence-corrected chi connectivity index (χ0v) is 13.8. The van der Waals surface area contributed by atoms with Gasteiger partial charge in [-0.1, -0.05) is 22.0 Å². The molecule has 1 aliphatic rings. The number of halogens is 1. The van der Waals surface area contributed by atoms with Gasteiger partial charge in [-0.2, -0.15) is 0 Å². The minimum absolute atomic E-state index is 0.0646. The molecule has 1 unspecified atom stereocenters. The molecule has 1 aromatic carbocycles. The van der Waals surface area contributed by atoms with Gasteiger partial charge in [-0.15, -0.1) is 0 Å². The number of carbonyl (C=O) groups is 2. The number of likely N-dealkylation sites (tertiary alicyclic amines) is 1. The summed E-state index contributed by atoms with van der Waals surface area (Å²) in [7, 11) is 3.03. The summed E-state index contributed by atoms with van der Waals surface area (Å²) < 4.78 is 5.56. The largest absolute Gasteiger partial charge is 0.465 e. The van der Waals surface area contributed by atoms with Crippen LogP contribution in [0.4, 0.5) is 0 Å². The maximum absolute atomic E-state index is 11.9. The van der Waals surface area contributed by atoms with E-state index in [1.54, 1.807) is 19.2 Å². The van der Waals surface area contributed by atoms with E-state index in [9.17, 15) is 9.59 Å². The lowest BCUT2D eigenvalue weighted by atomic mass is 10.1. The van der Waals surface area contributed by atoms with Crippen LogP contribution < -0.4 is 5.32 Å². The molecule has 1 heterocycles. The topological polar surface area (TPSA) is 58.6 Å². The van der Waals surface area contributed by atoms with Crippen molar-refractivity contribution in [2.75, 3.05) is 20.7 Å². The zero-order chi connectivity index (χ0) is 15.4. The van der Waals surface area contributed by atoms with Crippen LogP contribution in [-0.2, 0) is 16.1 Å². The standard InChI is InChI=1S/C15H19BrN2O3/c1-17-14(19)13-4-3-7-18(13)9-11-6-5-10(8-12(11)16)15(20)21-2/h5-6,8,13H,3-4,7,9H2,1-2H3,(H,17,19). The summed E-state index contributed by atoms with van der Waals surface area (Å²) in [6, 6.07) is 5.33. The van der Waals surface area contributed by atoms with Crippen LogP contribution in [0.25, 0.3) is 0 Å². The first-order valence-corrected chi connectivity index (χ1v) is 7.68. The van der Waals surface area contributed by atoms with Crippen molar-refractivity contribution in [3.63, 3.8) is 0 Å². The number of benzene rings is 1. The fourth-order valence-electron chi connectivity index (χ4n) is 2.62. The number of hydrogen-bond acceptors (Lipinski definition) is 4. The first-order chi connectivity index (χ1) is 10.1. The fraction of sp³-hybridized carbons (Fsp3) is 0.467. The van der Waals surface area contributed by atoms with Gasteiger partial charge in [0.25, 0.3) is 0 Å². The summed E-state index contributed by atoms with van der Waals surface area (Å²) in [4.78, 5) is 25.5. The van der Waals surface area contributed by atoms with Crippen LogP contribution in [0, 0.1) is 0 Å². The molecule has 1 saturated heterocycles. The molecule has 0 saturated carbocycles. The monoisotopic (exact) mass is 354 g/mol. The molecule has 0 bridgehead atoms. The number of rotatable bonds is 4. The van der Waals surface area contributed by atoms with Crippen molar-refractivity contribution in [3.8, 4) is 0 Å². The molecule has 1 fully saturated rings. The predicted molar refractivity (Wildman–Crippen MR) is 83.0 cm³/mol. The second kappa shape index (κ2) is 7.04. The molecular formula is C15H19BrN2O3. The van der Waals surface area contributed by atoms with Crippen molar-refractivity contribution in [1.29, 1.82) is 0 Å². The third-order valence-electron chi connectivity index (χ3n) is 3.76. The Labute approximate surface area is 132 Å². The third kappa shape index (κ3) is 3.63. The average Bonchev–Trinajstić information content (AvgIpc) is 2.95. The van der Waals surface area contributed by atoms with Gasteiger partial charge in [0.2, 0.25) is 5.91 Å². The molecule has 114 valence electrons. The smallest absolute Gasteiger partial charge is 0.337 e. The quantitative estimate of drug-likeness (QED) is 0.839. The molecule has 5 nitrogen and oxygen atoms in total. The SMILES string of the molecule is CNC(=O)C1CCCN1Cc1ccc(C(=O)OC)cc1Br. The molecule has 0 spiro atoms. The Bertz CT molecular complexity index is 548. The van der Waals surface area contributed by atoms with E-state index in [2.05, 4.69) is 26.1 Å². The van der Waals surface area contributed by atoms with Gasteiger partial charge >= 0.3 is 5.97 Å². The summed E-state index contributed by atoms with van der Waals surface area (Å²) >= 11 is 3.49. The number of methoxy groups -OCH3 is 1. The molecule has 1 amide bonds. The van der Waals surface area contributed by atoms with E-state index < -0.39 is 0 Å². The number of ether oxygens (including phenoxy) is 1. The molecule has 0 aliphatic carbocycles. The van der Waals surface area contributed by atoms with Crippen LogP contribution in [0.2, 0.25) is 0 Å². The predicted octanol–water partition coefficient (Wildman–Crippen LogP) is 1.95. The van der Waals surface area contributed by atoms with E-state index in [1.807, 2.05) is 6.07 Å². The van der Waals surface area contributed by atoms with Gasteiger partial charge in [0.1, 0.15) is 0 Å². The van der Waals surface area contributed by atoms with E-state index in [0.717, 1.165) is 29.4 Å². The number of carbonyl (C=O) groups excluding carboxylic acids is 2. The maximum atomic E-state index is 11.9. The van der Waals surface area contributed by atoms with Gasteiger partial charge in [0, 0.05) is 18.1 Å². The van der Waals surface area contributed by atoms with Gasteiger partial charge in [-0.25, -0.2) is 4.79 Å².